The average Bonchev–Trinajstić information content (AvgIpc) is 3.25. The molecule has 0 aliphatic heterocycles. The van der Waals surface area contributed by atoms with E-state index in [1.54, 1.807) is 6.07 Å². The Bertz CT molecular complexity index is 652. The van der Waals surface area contributed by atoms with E-state index in [1.165, 1.54) is 32.0 Å². The third-order valence-corrected chi connectivity index (χ3v) is 4.09. The minimum atomic E-state index is -0.394. The summed E-state index contributed by atoms with van der Waals surface area (Å²) in [6.45, 7) is 0. The van der Waals surface area contributed by atoms with Gasteiger partial charge in [0.15, 0.2) is 11.5 Å². The van der Waals surface area contributed by atoms with Crippen LogP contribution in [0.25, 0.3) is 5.76 Å². The number of hydrogen-bond acceptors (Lipinski definition) is 5. The highest BCUT2D eigenvalue weighted by Gasteiger charge is 2.16. The molecule has 0 unspecified atom stereocenters. The molecular weight excluding hydrogens is 282 g/mol. The highest BCUT2D eigenvalue weighted by Crippen LogP contribution is 2.29. The Labute approximate surface area is 128 Å². The van der Waals surface area contributed by atoms with Gasteiger partial charge in [-0.3, -0.25) is 9.89 Å². The van der Waals surface area contributed by atoms with Crippen LogP contribution in [-0.2, 0) is 6.42 Å². The molecular formula is C16H19N3O3. The Morgan fingerprint density at radius 2 is 2.23 bits per heavy atom. The van der Waals surface area contributed by atoms with Crippen LogP contribution in [0, 0.1) is 5.92 Å². The Kier molecular flexibility index (Phi) is 4.37. The Morgan fingerprint density at radius 3 is 2.95 bits per heavy atom. The summed E-state index contributed by atoms with van der Waals surface area (Å²) >= 11 is 0. The van der Waals surface area contributed by atoms with Crippen molar-refractivity contribution in [3.63, 3.8) is 0 Å². The SMILES string of the molecule is O=C(C=C(O)c1nc[nH]n1)c1ccc(CCC2CCCC2)o1. The summed E-state index contributed by atoms with van der Waals surface area (Å²) in [7, 11) is 0. The molecule has 6 nitrogen and oxygen atoms in total. The summed E-state index contributed by atoms with van der Waals surface area (Å²) in [6, 6.07) is 3.48. The van der Waals surface area contributed by atoms with Crippen LogP contribution in [0.3, 0.4) is 0 Å². The highest BCUT2D eigenvalue weighted by atomic mass is 16.3. The number of furan rings is 1. The van der Waals surface area contributed by atoms with E-state index in [1.807, 2.05) is 6.07 Å². The number of aliphatic hydroxyl groups excluding tert-OH is 1. The van der Waals surface area contributed by atoms with Crippen molar-refractivity contribution in [3.05, 3.63) is 41.9 Å². The number of aliphatic hydroxyl groups is 1. The third kappa shape index (κ3) is 3.44. The molecule has 0 bridgehead atoms. The minimum Gasteiger partial charge on any atom is -0.504 e. The topological polar surface area (TPSA) is 92.0 Å². The Hall–Kier alpha value is -2.37. The number of rotatable bonds is 6. The van der Waals surface area contributed by atoms with Gasteiger partial charge in [-0.25, -0.2) is 4.98 Å². The van der Waals surface area contributed by atoms with Gasteiger partial charge in [-0.05, 0) is 24.5 Å². The average molecular weight is 301 g/mol. The Balaban J connectivity index is 1.60. The summed E-state index contributed by atoms with van der Waals surface area (Å²) in [4.78, 5) is 15.8. The highest BCUT2D eigenvalue weighted by molar-refractivity contribution is 6.05. The lowest BCUT2D eigenvalue weighted by atomic mass is 10.0. The van der Waals surface area contributed by atoms with Gasteiger partial charge in [-0.1, -0.05) is 25.7 Å². The molecule has 22 heavy (non-hydrogen) atoms. The van der Waals surface area contributed by atoms with Gasteiger partial charge in [-0.15, -0.1) is 0 Å². The first-order valence-corrected chi connectivity index (χ1v) is 7.62. The lowest BCUT2D eigenvalue weighted by Crippen LogP contribution is -1.97. The summed E-state index contributed by atoms with van der Waals surface area (Å²) < 4.78 is 5.57. The molecule has 0 atom stereocenters. The van der Waals surface area contributed by atoms with Gasteiger partial charge in [0.05, 0.1) is 0 Å². The monoisotopic (exact) mass is 301 g/mol. The van der Waals surface area contributed by atoms with Crippen LogP contribution in [0.1, 0.15) is 54.2 Å². The zero-order valence-electron chi connectivity index (χ0n) is 12.3. The van der Waals surface area contributed by atoms with Crippen LogP contribution in [0.4, 0.5) is 0 Å². The van der Waals surface area contributed by atoms with Crippen LogP contribution in [0.5, 0.6) is 0 Å². The zero-order chi connectivity index (χ0) is 15.4. The lowest BCUT2D eigenvalue weighted by Gasteiger charge is -2.05. The number of ketones is 1. The molecule has 0 spiro atoms. The van der Waals surface area contributed by atoms with Crippen molar-refractivity contribution in [2.45, 2.75) is 38.5 Å². The van der Waals surface area contributed by atoms with Crippen molar-refractivity contribution in [3.8, 4) is 0 Å². The lowest BCUT2D eigenvalue weighted by molar-refractivity contribution is 0.101. The van der Waals surface area contributed by atoms with Gasteiger partial charge in [0, 0.05) is 12.5 Å². The van der Waals surface area contributed by atoms with Gasteiger partial charge in [-0.2, -0.15) is 5.10 Å². The van der Waals surface area contributed by atoms with Gasteiger partial charge >= 0.3 is 0 Å². The van der Waals surface area contributed by atoms with Crippen molar-refractivity contribution in [2.75, 3.05) is 0 Å². The summed E-state index contributed by atoms with van der Waals surface area (Å²) in [5.41, 5.74) is 0. The summed E-state index contributed by atoms with van der Waals surface area (Å²) in [5.74, 6) is 1.24. The molecule has 1 fully saturated rings. The molecule has 2 aromatic rings. The van der Waals surface area contributed by atoms with Crippen LogP contribution < -0.4 is 0 Å². The Morgan fingerprint density at radius 1 is 1.41 bits per heavy atom. The van der Waals surface area contributed by atoms with Crippen LogP contribution in [0.15, 0.2) is 29.0 Å². The molecule has 0 amide bonds. The number of carbonyl (C=O) groups is 1. The first-order chi connectivity index (χ1) is 10.7. The molecule has 3 rings (SSSR count). The van der Waals surface area contributed by atoms with Crippen molar-refractivity contribution >= 4 is 11.5 Å². The number of H-pyrrole nitrogens is 1. The van der Waals surface area contributed by atoms with Crippen LogP contribution in [-0.4, -0.2) is 26.1 Å². The molecule has 6 heteroatoms. The molecule has 2 heterocycles. The minimum absolute atomic E-state index is 0.0846. The van der Waals surface area contributed by atoms with Crippen molar-refractivity contribution < 1.29 is 14.3 Å². The van der Waals surface area contributed by atoms with E-state index in [9.17, 15) is 9.90 Å². The van der Waals surface area contributed by atoms with Crippen molar-refractivity contribution in [2.24, 2.45) is 5.92 Å². The predicted molar refractivity (Wildman–Crippen MR) is 80.3 cm³/mol. The second-order valence-corrected chi connectivity index (χ2v) is 5.67. The van der Waals surface area contributed by atoms with E-state index in [0.717, 1.165) is 30.6 Å². The van der Waals surface area contributed by atoms with E-state index in [2.05, 4.69) is 15.2 Å². The number of carbonyl (C=O) groups excluding carboxylic acids is 1. The third-order valence-electron chi connectivity index (χ3n) is 4.09. The maximum Gasteiger partial charge on any atom is 0.224 e. The number of aryl methyl sites for hydroxylation is 1. The first kappa shape index (κ1) is 14.6. The number of aromatic nitrogens is 3. The molecule has 1 aliphatic rings. The van der Waals surface area contributed by atoms with Crippen molar-refractivity contribution in [1.29, 1.82) is 0 Å². The van der Waals surface area contributed by atoms with Gasteiger partial charge in [0.25, 0.3) is 0 Å². The maximum atomic E-state index is 12.0. The van der Waals surface area contributed by atoms with Gasteiger partial charge < -0.3 is 9.52 Å². The quantitative estimate of drug-likeness (QED) is 0.485. The summed E-state index contributed by atoms with van der Waals surface area (Å²) in [5, 5.41) is 15.9. The largest absolute Gasteiger partial charge is 0.504 e. The molecule has 0 aromatic carbocycles. The second-order valence-electron chi connectivity index (χ2n) is 5.67. The zero-order valence-corrected chi connectivity index (χ0v) is 12.3. The smallest absolute Gasteiger partial charge is 0.224 e. The van der Waals surface area contributed by atoms with Crippen LogP contribution in [0.2, 0.25) is 0 Å². The molecule has 0 radical (unpaired) electrons. The van der Waals surface area contributed by atoms with Gasteiger partial charge in [0.1, 0.15) is 12.1 Å². The first-order valence-electron chi connectivity index (χ1n) is 7.62. The fraction of sp³-hybridized carbons (Fsp3) is 0.438. The number of allylic oxidation sites excluding steroid dienone is 1. The molecule has 116 valence electrons. The fourth-order valence-corrected chi connectivity index (χ4v) is 2.88. The molecule has 2 N–H and O–H groups in total. The normalized spacial score (nSPS) is 16.3. The van der Waals surface area contributed by atoms with E-state index < -0.39 is 5.78 Å². The van der Waals surface area contributed by atoms with E-state index in [4.69, 9.17) is 4.42 Å². The van der Waals surface area contributed by atoms with E-state index in [0.29, 0.717) is 0 Å². The molecule has 1 saturated carbocycles. The maximum absolute atomic E-state index is 12.0. The van der Waals surface area contributed by atoms with Crippen molar-refractivity contribution in [1.82, 2.24) is 15.2 Å². The number of nitrogens with zero attached hydrogens (tertiary/aromatic N) is 2. The number of nitrogens with one attached hydrogen (secondary N) is 1. The number of hydrogen-bond donors (Lipinski definition) is 2. The van der Waals surface area contributed by atoms with Gasteiger partial charge in [0.2, 0.25) is 11.6 Å². The molecule has 1 aliphatic carbocycles. The second kappa shape index (κ2) is 6.60. The van der Waals surface area contributed by atoms with E-state index in [-0.39, 0.29) is 17.3 Å². The fourth-order valence-electron chi connectivity index (χ4n) is 2.88. The standard InChI is InChI=1S/C16H19N3O3/c20-13(9-14(21)16-17-10-18-19-16)15-8-7-12(22-15)6-5-11-3-1-2-4-11/h7-11,21H,1-6H2,(H,17,18,19). The van der Waals surface area contributed by atoms with Crippen LogP contribution >= 0.6 is 0 Å². The summed E-state index contributed by atoms with van der Waals surface area (Å²) in [6.07, 6.45) is 9.64. The van der Waals surface area contributed by atoms with E-state index >= 15 is 0 Å². The molecule has 0 saturated heterocycles. The predicted octanol–water partition coefficient (Wildman–Crippen LogP) is 3.30. The number of aromatic amines is 1. The molecule has 2 aromatic heterocycles.